The largest absolute Gasteiger partial charge is 0.457 e. The molecule has 0 saturated heterocycles. The Balaban J connectivity index is 1.31. The Morgan fingerprint density at radius 2 is 1.64 bits per heavy atom. The number of para-hydroxylation sites is 1. The van der Waals surface area contributed by atoms with Crippen LogP contribution in [0.25, 0.3) is 0 Å². The molecule has 0 spiro atoms. The first-order chi connectivity index (χ1) is 15.8. The Morgan fingerprint density at radius 3 is 2.36 bits per heavy atom. The van der Waals surface area contributed by atoms with E-state index in [0.717, 1.165) is 12.1 Å². The molecule has 3 aromatic carbocycles. The van der Waals surface area contributed by atoms with E-state index in [2.05, 4.69) is 15.6 Å². The first kappa shape index (κ1) is 22.3. The summed E-state index contributed by atoms with van der Waals surface area (Å²) in [6.07, 6.45) is -4.39. The topological polar surface area (TPSA) is 63.2 Å². The van der Waals surface area contributed by atoms with E-state index in [4.69, 9.17) is 4.74 Å². The van der Waals surface area contributed by atoms with Crippen molar-refractivity contribution >= 4 is 33.8 Å². The average molecular weight is 469 g/mol. The number of anilines is 3. The monoisotopic (exact) mass is 469 g/mol. The number of nitrogens with zero attached hydrogens (tertiary/aromatic N) is 1. The van der Waals surface area contributed by atoms with Crippen LogP contribution in [-0.2, 0) is 17.4 Å². The highest BCUT2D eigenvalue weighted by molar-refractivity contribution is 7.13. The maximum Gasteiger partial charge on any atom is 0.416 e. The zero-order valence-electron chi connectivity index (χ0n) is 17.1. The SMILES string of the molecule is O=C(Cc1csc(Nc2cccc(C(F)(F)F)c2)n1)Nc1ccc(Oc2ccccc2)cc1. The number of thiazole rings is 1. The number of carbonyl (C=O) groups is 1. The van der Waals surface area contributed by atoms with Gasteiger partial charge in [0, 0.05) is 16.8 Å². The highest BCUT2D eigenvalue weighted by Gasteiger charge is 2.30. The van der Waals surface area contributed by atoms with Crippen molar-refractivity contribution in [3.8, 4) is 11.5 Å². The molecule has 5 nitrogen and oxygen atoms in total. The van der Waals surface area contributed by atoms with Crippen LogP contribution in [0.4, 0.5) is 29.7 Å². The molecule has 4 rings (SSSR count). The zero-order chi connectivity index (χ0) is 23.3. The second-order valence-electron chi connectivity index (χ2n) is 7.01. The van der Waals surface area contributed by atoms with Crippen molar-refractivity contribution in [2.45, 2.75) is 12.6 Å². The summed E-state index contributed by atoms with van der Waals surface area (Å²) >= 11 is 1.21. The van der Waals surface area contributed by atoms with Crippen LogP contribution in [0, 0.1) is 0 Å². The van der Waals surface area contributed by atoms with E-state index in [0.29, 0.717) is 28.0 Å². The second-order valence-corrected chi connectivity index (χ2v) is 7.87. The summed E-state index contributed by atoms with van der Waals surface area (Å²) in [6.45, 7) is 0. The molecule has 0 aliphatic rings. The van der Waals surface area contributed by atoms with Crippen LogP contribution in [0.15, 0.2) is 84.2 Å². The minimum absolute atomic E-state index is 0.0308. The molecule has 0 aliphatic heterocycles. The van der Waals surface area contributed by atoms with Gasteiger partial charge in [0.25, 0.3) is 0 Å². The molecular weight excluding hydrogens is 451 g/mol. The predicted octanol–water partition coefficient (Wildman–Crippen LogP) is 6.88. The molecule has 1 aromatic heterocycles. The van der Waals surface area contributed by atoms with Crippen LogP contribution in [0.2, 0.25) is 0 Å². The Kier molecular flexibility index (Phi) is 6.60. The molecule has 0 atom stereocenters. The number of hydrogen-bond acceptors (Lipinski definition) is 5. The van der Waals surface area contributed by atoms with Crippen molar-refractivity contribution in [1.29, 1.82) is 0 Å². The number of amides is 1. The summed E-state index contributed by atoms with van der Waals surface area (Å²) < 4.78 is 44.3. The normalized spacial score (nSPS) is 11.1. The Bertz CT molecular complexity index is 1230. The second kappa shape index (κ2) is 9.74. The van der Waals surface area contributed by atoms with Crippen molar-refractivity contribution in [1.82, 2.24) is 4.98 Å². The summed E-state index contributed by atoms with van der Waals surface area (Å²) in [4.78, 5) is 16.6. The van der Waals surface area contributed by atoms with Crippen molar-refractivity contribution in [3.63, 3.8) is 0 Å². The van der Waals surface area contributed by atoms with Crippen molar-refractivity contribution in [2.75, 3.05) is 10.6 Å². The number of halogens is 3. The number of ether oxygens (including phenoxy) is 1. The van der Waals surface area contributed by atoms with Gasteiger partial charge >= 0.3 is 6.18 Å². The minimum atomic E-state index is -4.42. The van der Waals surface area contributed by atoms with E-state index in [1.807, 2.05) is 30.3 Å². The van der Waals surface area contributed by atoms with Gasteiger partial charge in [-0.25, -0.2) is 4.98 Å². The lowest BCUT2D eigenvalue weighted by Crippen LogP contribution is -2.14. The molecule has 4 aromatic rings. The van der Waals surface area contributed by atoms with Gasteiger partial charge in [-0.05, 0) is 54.6 Å². The van der Waals surface area contributed by atoms with Crippen LogP contribution >= 0.6 is 11.3 Å². The Hall–Kier alpha value is -3.85. The zero-order valence-corrected chi connectivity index (χ0v) is 17.9. The van der Waals surface area contributed by atoms with Crippen molar-refractivity contribution < 1.29 is 22.7 Å². The van der Waals surface area contributed by atoms with Crippen LogP contribution in [0.1, 0.15) is 11.3 Å². The number of aromatic nitrogens is 1. The summed E-state index contributed by atoms with van der Waals surface area (Å²) in [5.41, 5.74) is 0.644. The standard InChI is InChI=1S/C24H18F3N3O2S/c25-24(26,27)16-5-4-6-18(13-16)29-23-30-19(15-33-23)14-22(31)28-17-9-11-21(12-10-17)32-20-7-2-1-3-8-20/h1-13,15H,14H2,(H,28,31)(H,29,30). The molecule has 33 heavy (non-hydrogen) atoms. The number of hydrogen-bond donors (Lipinski definition) is 2. The van der Waals surface area contributed by atoms with Crippen molar-refractivity contribution in [3.05, 3.63) is 95.5 Å². The van der Waals surface area contributed by atoms with E-state index in [-0.39, 0.29) is 18.0 Å². The quantitative estimate of drug-likeness (QED) is 0.310. The van der Waals surface area contributed by atoms with Crippen LogP contribution < -0.4 is 15.4 Å². The fourth-order valence-corrected chi connectivity index (χ4v) is 3.67. The van der Waals surface area contributed by atoms with E-state index >= 15 is 0 Å². The Morgan fingerprint density at radius 1 is 0.909 bits per heavy atom. The number of nitrogens with one attached hydrogen (secondary N) is 2. The molecule has 0 fully saturated rings. The van der Waals surface area contributed by atoms with Crippen molar-refractivity contribution in [2.24, 2.45) is 0 Å². The maximum atomic E-state index is 12.9. The first-order valence-corrected chi connectivity index (χ1v) is 10.7. The molecule has 0 bridgehead atoms. The van der Waals surface area contributed by atoms with Gasteiger partial charge in [-0.15, -0.1) is 11.3 Å². The third-order valence-corrected chi connectivity index (χ3v) is 5.26. The molecule has 0 unspecified atom stereocenters. The molecule has 0 aliphatic carbocycles. The highest BCUT2D eigenvalue weighted by atomic mass is 32.1. The summed E-state index contributed by atoms with van der Waals surface area (Å²) in [7, 11) is 0. The van der Waals surface area contributed by atoms with Gasteiger partial charge in [0.05, 0.1) is 17.7 Å². The van der Waals surface area contributed by atoms with Gasteiger partial charge in [0.2, 0.25) is 5.91 Å². The number of rotatable bonds is 7. The first-order valence-electron chi connectivity index (χ1n) is 9.87. The van der Waals surface area contributed by atoms with E-state index < -0.39 is 11.7 Å². The van der Waals surface area contributed by atoms with Gasteiger partial charge in [-0.3, -0.25) is 4.79 Å². The highest BCUT2D eigenvalue weighted by Crippen LogP contribution is 2.32. The summed E-state index contributed by atoms with van der Waals surface area (Å²) in [5.74, 6) is 1.10. The predicted molar refractivity (Wildman–Crippen MR) is 122 cm³/mol. The molecule has 2 N–H and O–H groups in total. The van der Waals surface area contributed by atoms with Crippen LogP contribution in [0.3, 0.4) is 0 Å². The summed E-state index contributed by atoms with van der Waals surface area (Å²) in [6, 6.07) is 21.2. The lowest BCUT2D eigenvalue weighted by molar-refractivity contribution is -0.137. The molecule has 168 valence electrons. The lowest BCUT2D eigenvalue weighted by atomic mass is 10.2. The van der Waals surface area contributed by atoms with Crippen LogP contribution in [0.5, 0.6) is 11.5 Å². The average Bonchev–Trinajstić information content (AvgIpc) is 3.22. The van der Waals surface area contributed by atoms with Gasteiger partial charge in [0.1, 0.15) is 11.5 Å². The van der Waals surface area contributed by atoms with Gasteiger partial charge in [-0.2, -0.15) is 13.2 Å². The minimum Gasteiger partial charge on any atom is -0.457 e. The third kappa shape index (κ3) is 6.33. The molecule has 9 heteroatoms. The maximum absolute atomic E-state index is 12.9. The fourth-order valence-electron chi connectivity index (χ4n) is 2.94. The fraction of sp³-hybridized carbons (Fsp3) is 0.0833. The Labute approximate surface area is 191 Å². The molecule has 0 saturated carbocycles. The lowest BCUT2D eigenvalue weighted by Gasteiger charge is -2.09. The van der Waals surface area contributed by atoms with E-state index in [1.165, 1.54) is 23.5 Å². The molecule has 0 radical (unpaired) electrons. The summed E-state index contributed by atoms with van der Waals surface area (Å²) in [5, 5.41) is 7.73. The number of benzene rings is 3. The van der Waals surface area contributed by atoms with E-state index in [1.54, 1.807) is 29.6 Å². The third-order valence-electron chi connectivity index (χ3n) is 4.45. The van der Waals surface area contributed by atoms with Gasteiger partial charge in [0.15, 0.2) is 5.13 Å². The van der Waals surface area contributed by atoms with Gasteiger partial charge < -0.3 is 15.4 Å². The smallest absolute Gasteiger partial charge is 0.416 e. The number of carbonyl (C=O) groups excluding carboxylic acids is 1. The van der Waals surface area contributed by atoms with Crippen LogP contribution in [-0.4, -0.2) is 10.9 Å². The molecular formula is C24H18F3N3O2S. The molecule has 1 heterocycles. The molecule has 1 amide bonds. The van der Waals surface area contributed by atoms with E-state index in [9.17, 15) is 18.0 Å². The number of alkyl halides is 3. The van der Waals surface area contributed by atoms with Gasteiger partial charge in [-0.1, -0.05) is 24.3 Å².